The summed E-state index contributed by atoms with van der Waals surface area (Å²) in [4.78, 5) is 19.6. The van der Waals surface area contributed by atoms with Crippen LogP contribution in [-0.4, -0.2) is 48.2 Å². The number of rotatable bonds is 13. The lowest BCUT2D eigenvalue weighted by Gasteiger charge is -2.32. The number of hydrogen-bond acceptors (Lipinski definition) is 7. The van der Waals surface area contributed by atoms with E-state index >= 15 is 0 Å². The number of nitrogens with zero attached hydrogens (tertiary/aromatic N) is 2. The first-order valence-corrected chi connectivity index (χ1v) is 12.6. The van der Waals surface area contributed by atoms with Crippen LogP contribution in [0.5, 0.6) is 5.88 Å². The zero-order valence-corrected chi connectivity index (χ0v) is 22.4. The predicted molar refractivity (Wildman–Crippen MR) is 143 cm³/mol. The van der Waals surface area contributed by atoms with Crippen LogP contribution in [-0.2, 0) is 33.1 Å². The molecular formula is C30H38N2O5. The standard InChI is InChI=1S/C30H38N2O5/c1-6-30(34,19-27(33)37-28(22(2)32(3)4)24-15-11-8-12-16-24)26-17-18-31-29(35-5)25(26)21-36-20-23-13-9-7-10-14-23/h7-18,22,28,34H,6,19-21H2,1-5H3/t22-,28-,30?/m0/s1. The zero-order chi connectivity index (χ0) is 26.8. The van der Waals surface area contributed by atoms with Crippen LogP contribution >= 0.6 is 0 Å². The van der Waals surface area contributed by atoms with Gasteiger partial charge in [-0.2, -0.15) is 0 Å². The molecule has 3 aromatic rings. The van der Waals surface area contributed by atoms with Crippen LogP contribution in [0.3, 0.4) is 0 Å². The average molecular weight is 507 g/mol. The molecule has 0 amide bonds. The predicted octanol–water partition coefficient (Wildman–Crippen LogP) is 5.03. The van der Waals surface area contributed by atoms with E-state index in [-0.39, 0.29) is 19.1 Å². The summed E-state index contributed by atoms with van der Waals surface area (Å²) < 4.78 is 17.4. The maximum atomic E-state index is 13.3. The minimum absolute atomic E-state index is 0.0657. The number of likely N-dealkylation sites (N-methyl/N-ethyl adjacent to an activating group) is 1. The molecule has 1 aromatic heterocycles. The first-order chi connectivity index (χ1) is 17.8. The van der Waals surface area contributed by atoms with Crippen LogP contribution in [0.15, 0.2) is 72.9 Å². The van der Waals surface area contributed by atoms with E-state index in [9.17, 15) is 9.90 Å². The number of methoxy groups -OCH3 is 1. The molecule has 0 spiro atoms. The van der Waals surface area contributed by atoms with Crippen molar-refractivity contribution in [3.63, 3.8) is 0 Å². The molecule has 0 saturated heterocycles. The lowest BCUT2D eigenvalue weighted by Crippen LogP contribution is -2.36. The van der Waals surface area contributed by atoms with Crippen LogP contribution < -0.4 is 4.74 Å². The molecule has 0 saturated carbocycles. The highest BCUT2D eigenvalue weighted by Gasteiger charge is 2.36. The molecule has 7 heteroatoms. The SMILES string of the molecule is CCC(O)(CC(=O)O[C@H](c1ccccc1)[C@H](C)N(C)C)c1ccnc(OC)c1COCc1ccccc1. The normalized spacial score (nSPS) is 14.6. The topological polar surface area (TPSA) is 81.1 Å². The molecule has 0 bridgehead atoms. The number of carbonyl (C=O) groups excluding carboxylic acids is 1. The first kappa shape index (κ1) is 28.3. The second-order valence-corrected chi connectivity index (χ2v) is 9.41. The molecule has 0 aliphatic rings. The lowest BCUT2D eigenvalue weighted by molar-refractivity contribution is -0.158. The van der Waals surface area contributed by atoms with E-state index < -0.39 is 17.7 Å². The molecule has 0 fully saturated rings. The van der Waals surface area contributed by atoms with Crippen LogP contribution in [0.2, 0.25) is 0 Å². The Morgan fingerprint density at radius 3 is 2.27 bits per heavy atom. The summed E-state index contributed by atoms with van der Waals surface area (Å²) in [6.07, 6.45) is 1.17. The van der Waals surface area contributed by atoms with Crippen molar-refractivity contribution in [2.45, 2.75) is 57.6 Å². The Morgan fingerprint density at radius 1 is 1.03 bits per heavy atom. The van der Waals surface area contributed by atoms with Gasteiger partial charge in [0.1, 0.15) is 11.7 Å². The summed E-state index contributed by atoms with van der Waals surface area (Å²) in [6, 6.07) is 21.1. The third-order valence-electron chi connectivity index (χ3n) is 6.73. The van der Waals surface area contributed by atoms with Gasteiger partial charge in [0.2, 0.25) is 5.88 Å². The van der Waals surface area contributed by atoms with Gasteiger partial charge in [-0.15, -0.1) is 0 Å². The summed E-state index contributed by atoms with van der Waals surface area (Å²) in [5.74, 6) is -0.131. The van der Waals surface area contributed by atoms with Crippen LogP contribution in [0.4, 0.5) is 0 Å². The molecule has 0 aliphatic carbocycles. The molecule has 1 N–H and O–H groups in total. The highest BCUT2D eigenvalue weighted by atomic mass is 16.5. The molecule has 1 unspecified atom stereocenters. The van der Waals surface area contributed by atoms with Crippen molar-refractivity contribution in [1.82, 2.24) is 9.88 Å². The maximum Gasteiger partial charge on any atom is 0.309 e. The van der Waals surface area contributed by atoms with E-state index in [2.05, 4.69) is 4.98 Å². The highest BCUT2D eigenvalue weighted by Crippen LogP contribution is 2.36. The summed E-state index contributed by atoms with van der Waals surface area (Å²) >= 11 is 0. The fraction of sp³-hybridized carbons (Fsp3) is 0.400. The molecular weight excluding hydrogens is 468 g/mol. The monoisotopic (exact) mass is 506 g/mol. The summed E-state index contributed by atoms with van der Waals surface area (Å²) in [5.41, 5.74) is 1.60. The molecule has 3 atom stereocenters. The van der Waals surface area contributed by atoms with E-state index in [4.69, 9.17) is 14.2 Å². The lowest BCUT2D eigenvalue weighted by atomic mass is 9.85. The van der Waals surface area contributed by atoms with Gasteiger partial charge in [-0.05, 0) is 50.2 Å². The van der Waals surface area contributed by atoms with Crippen LogP contribution in [0.25, 0.3) is 0 Å². The van der Waals surface area contributed by atoms with Crippen molar-refractivity contribution in [2.24, 2.45) is 0 Å². The zero-order valence-electron chi connectivity index (χ0n) is 22.4. The Balaban J connectivity index is 1.83. The van der Waals surface area contributed by atoms with E-state index in [0.717, 1.165) is 11.1 Å². The van der Waals surface area contributed by atoms with Crippen molar-refractivity contribution in [2.75, 3.05) is 21.2 Å². The Bertz CT molecular complexity index is 1120. The minimum Gasteiger partial charge on any atom is -0.481 e. The third-order valence-corrected chi connectivity index (χ3v) is 6.73. The van der Waals surface area contributed by atoms with E-state index in [1.807, 2.05) is 93.5 Å². The highest BCUT2D eigenvalue weighted by molar-refractivity contribution is 5.72. The number of ether oxygens (including phenoxy) is 3. The minimum atomic E-state index is -1.48. The maximum absolute atomic E-state index is 13.3. The number of benzene rings is 2. The molecule has 37 heavy (non-hydrogen) atoms. The van der Waals surface area contributed by atoms with Crippen molar-refractivity contribution >= 4 is 5.97 Å². The van der Waals surface area contributed by atoms with Crippen molar-refractivity contribution in [1.29, 1.82) is 0 Å². The fourth-order valence-corrected chi connectivity index (χ4v) is 4.26. The van der Waals surface area contributed by atoms with Crippen molar-refractivity contribution in [3.8, 4) is 5.88 Å². The van der Waals surface area contributed by atoms with Gasteiger partial charge in [0.05, 0.1) is 26.7 Å². The van der Waals surface area contributed by atoms with Gasteiger partial charge in [0.25, 0.3) is 0 Å². The number of esters is 1. The van der Waals surface area contributed by atoms with Gasteiger partial charge in [-0.1, -0.05) is 67.6 Å². The molecule has 198 valence electrons. The smallest absolute Gasteiger partial charge is 0.309 e. The van der Waals surface area contributed by atoms with Gasteiger partial charge in [0.15, 0.2) is 0 Å². The number of aliphatic hydroxyl groups is 1. The summed E-state index contributed by atoms with van der Waals surface area (Å²) in [6.45, 7) is 4.41. The Hall–Kier alpha value is -3.26. The summed E-state index contributed by atoms with van der Waals surface area (Å²) in [7, 11) is 5.42. The van der Waals surface area contributed by atoms with E-state index in [1.54, 1.807) is 12.3 Å². The third kappa shape index (κ3) is 7.38. The molecule has 3 rings (SSSR count). The van der Waals surface area contributed by atoms with Crippen molar-refractivity contribution in [3.05, 3.63) is 95.2 Å². The van der Waals surface area contributed by atoms with Gasteiger partial charge in [-0.25, -0.2) is 4.98 Å². The molecule has 0 radical (unpaired) electrons. The van der Waals surface area contributed by atoms with Gasteiger partial charge in [-0.3, -0.25) is 4.79 Å². The first-order valence-electron chi connectivity index (χ1n) is 12.6. The van der Waals surface area contributed by atoms with Gasteiger partial charge < -0.3 is 24.2 Å². The quantitative estimate of drug-likeness (QED) is 0.326. The van der Waals surface area contributed by atoms with E-state index in [1.165, 1.54) is 7.11 Å². The fourth-order valence-electron chi connectivity index (χ4n) is 4.26. The number of carbonyl (C=O) groups is 1. The second-order valence-electron chi connectivity index (χ2n) is 9.41. The largest absolute Gasteiger partial charge is 0.481 e. The van der Waals surface area contributed by atoms with Gasteiger partial charge >= 0.3 is 5.97 Å². The molecule has 0 aliphatic heterocycles. The van der Waals surface area contributed by atoms with Crippen molar-refractivity contribution < 1.29 is 24.1 Å². The molecule has 7 nitrogen and oxygen atoms in total. The average Bonchev–Trinajstić information content (AvgIpc) is 2.92. The number of aromatic nitrogens is 1. The van der Waals surface area contributed by atoms with Crippen LogP contribution in [0.1, 0.15) is 55.0 Å². The molecule has 1 heterocycles. The summed E-state index contributed by atoms with van der Waals surface area (Å²) in [5, 5.41) is 11.8. The Kier molecular flexibility index (Phi) is 10.2. The number of hydrogen-bond donors (Lipinski definition) is 1. The van der Waals surface area contributed by atoms with E-state index in [0.29, 0.717) is 30.0 Å². The van der Waals surface area contributed by atoms with Gasteiger partial charge in [0, 0.05) is 17.8 Å². The Labute approximate surface area is 220 Å². The molecule has 2 aromatic carbocycles. The second kappa shape index (κ2) is 13.3. The Morgan fingerprint density at radius 2 is 1.68 bits per heavy atom. The number of pyridine rings is 1. The van der Waals surface area contributed by atoms with Crippen LogP contribution in [0, 0.1) is 0 Å².